The van der Waals surface area contributed by atoms with Crippen LogP contribution in [0.2, 0.25) is 0 Å². The molecule has 2 aliphatic heterocycles. The number of aliphatic carboxylic acids is 2. The Morgan fingerprint density at radius 1 is 0.900 bits per heavy atom. The summed E-state index contributed by atoms with van der Waals surface area (Å²) < 4.78 is 65.6. The molecule has 224 valence electrons. The maximum absolute atomic E-state index is 10.6. The van der Waals surface area contributed by atoms with Gasteiger partial charge in [0.05, 0.1) is 0 Å². The van der Waals surface area contributed by atoms with Crippen LogP contribution in [0.1, 0.15) is 49.4 Å². The monoisotopic (exact) mass is 581 g/mol. The van der Waals surface area contributed by atoms with E-state index in [2.05, 4.69) is 61.9 Å². The molecule has 1 aromatic heterocycles. The molecule has 0 bridgehead atoms. The fraction of sp³-hybridized carbons (Fsp3) is 0.600. The number of hydrogen-bond acceptors (Lipinski definition) is 6. The molecule has 1 aromatic carbocycles. The molecule has 1 unspecified atom stereocenters. The van der Waals surface area contributed by atoms with Gasteiger partial charge in [0.2, 0.25) is 0 Å². The summed E-state index contributed by atoms with van der Waals surface area (Å²) in [6.07, 6.45) is -1.86. The molecule has 2 fully saturated rings. The lowest BCUT2D eigenvalue weighted by Crippen LogP contribution is -2.48. The summed E-state index contributed by atoms with van der Waals surface area (Å²) >= 11 is 0. The standard InChI is InChI=1S/C21H31N5.2C2HF3O2/c1-24-17-22-23-21(24)19-10-13-25(14-11-19)16-20-9-5-6-12-26(20)15-18-7-3-2-4-8-18;2*3-2(4,5)1(6)7/h2-4,7-8,17,19-20H,5-6,9-16H2,1H3;2*(H,6,7). The molecule has 9 nitrogen and oxygen atoms in total. The molecular formula is C25H33F6N5O4. The lowest BCUT2D eigenvalue weighted by molar-refractivity contribution is -0.193. The molecule has 1 atom stereocenters. The maximum Gasteiger partial charge on any atom is 0.490 e. The third-order valence-corrected chi connectivity index (χ3v) is 6.63. The summed E-state index contributed by atoms with van der Waals surface area (Å²) in [7, 11) is 2.06. The summed E-state index contributed by atoms with van der Waals surface area (Å²) in [4.78, 5) is 23.2. The number of carboxylic acid groups (broad SMARTS) is 2. The largest absolute Gasteiger partial charge is 0.490 e. The average molecular weight is 582 g/mol. The van der Waals surface area contributed by atoms with Crippen molar-refractivity contribution in [2.24, 2.45) is 7.05 Å². The van der Waals surface area contributed by atoms with E-state index in [1.807, 2.05) is 6.33 Å². The number of aryl methyl sites for hydroxylation is 1. The van der Waals surface area contributed by atoms with E-state index in [4.69, 9.17) is 19.8 Å². The third kappa shape index (κ3) is 11.1. The first-order valence-corrected chi connectivity index (χ1v) is 12.6. The molecule has 15 heteroatoms. The van der Waals surface area contributed by atoms with Gasteiger partial charge in [0.15, 0.2) is 0 Å². The van der Waals surface area contributed by atoms with E-state index in [0.717, 1.165) is 12.4 Å². The van der Waals surface area contributed by atoms with Gasteiger partial charge in [-0.05, 0) is 50.9 Å². The molecule has 2 aliphatic rings. The zero-order valence-corrected chi connectivity index (χ0v) is 21.9. The molecular weight excluding hydrogens is 548 g/mol. The van der Waals surface area contributed by atoms with E-state index in [9.17, 15) is 26.3 Å². The molecule has 3 heterocycles. The Kier molecular flexibility index (Phi) is 12.4. The lowest BCUT2D eigenvalue weighted by Gasteiger charge is -2.40. The Morgan fingerprint density at radius 2 is 1.45 bits per heavy atom. The highest BCUT2D eigenvalue weighted by Crippen LogP contribution is 2.28. The van der Waals surface area contributed by atoms with Crippen LogP contribution in [0.5, 0.6) is 0 Å². The molecule has 0 spiro atoms. The second-order valence-corrected chi connectivity index (χ2v) is 9.59. The summed E-state index contributed by atoms with van der Waals surface area (Å²) in [5.74, 6) is -3.78. The van der Waals surface area contributed by atoms with Crippen LogP contribution in [0.15, 0.2) is 36.7 Å². The van der Waals surface area contributed by atoms with Crippen molar-refractivity contribution in [2.45, 2.75) is 63.0 Å². The van der Waals surface area contributed by atoms with Gasteiger partial charge in [0, 0.05) is 32.1 Å². The Bertz CT molecular complexity index is 1030. The first-order valence-electron chi connectivity index (χ1n) is 12.6. The molecule has 2 N–H and O–H groups in total. The van der Waals surface area contributed by atoms with Gasteiger partial charge in [0.1, 0.15) is 12.2 Å². The Morgan fingerprint density at radius 3 is 1.93 bits per heavy atom. The number of piperidine rings is 2. The first-order chi connectivity index (χ1) is 18.7. The molecule has 4 rings (SSSR count). The van der Waals surface area contributed by atoms with Crippen LogP contribution in [0.3, 0.4) is 0 Å². The molecule has 0 amide bonds. The SMILES string of the molecule is Cn1cnnc1C1CCN(CC2CCCCN2Cc2ccccc2)CC1.O=C(O)C(F)(F)F.O=C(O)C(F)(F)F. The third-order valence-electron chi connectivity index (χ3n) is 6.63. The maximum atomic E-state index is 10.6. The van der Waals surface area contributed by atoms with E-state index in [0.29, 0.717) is 12.0 Å². The predicted molar refractivity (Wildman–Crippen MR) is 131 cm³/mol. The zero-order chi connectivity index (χ0) is 29.9. The second-order valence-electron chi connectivity index (χ2n) is 9.59. The average Bonchev–Trinajstić information content (AvgIpc) is 3.32. The van der Waals surface area contributed by atoms with Crippen molar-refractivity contribution in [3.8, 4) is 0 Å². The normalized spacial score (nSPS) is 19.1. The Hall–Kier alpha value is -3.20. The second kappa shape index (κ2) is 15.0. The van der Waals surface area contributed by atoms with Crippen molar-refractivity contribution in [3.05, 3.63) is 48.0 Å². The number of benzene rings is 1. The number of carboxylic acids is 2. The summed E-state index contributed by atoms with van der Waals surface area (Å²) in [5, 5.41) is 22.6. The number of halogens is 6. The van der Waals surface area contributed by atoms with Crippen LogP contribution >= 0.6 is 0 Å². The minimum absolute atomic E-state index is 0.575. The highest BCUT2D eigenvalue weighted by Gasteiger charge is 2.39. The van der Waals surface area contributed by atoms with Crippen LogP contribution in [-0.4, -0.2) is 91.3 Å². The van der Waals surface area contributed by atoms with Crippen molar-refractivity contribution in [1.29, 1.82) is 0 Å². The van der Waals surface area contributed by atoms with Crippen LogP contribution in [0.4, 0.5) is 26.3 Å². The number of rotatable bonds is 5. The molecule has 0 aliphatic carbocycles. The zero-order valence-electron chi connectivity index (χ0n) is 21.9. The van der Waals surface area contributed by atoms with Crippen molar-refractivity contribution in [3.63, 3.8) is 0 Å². The molecule has 40 heavy (non-hydrogen) atoms. The highest BCUT2D eigenvalue weighted by molar-refractivity contribution is 5.73. The quantitative estimate of drug-likeness (QED) is 0.503. The molecule has 0 saturated carbocycles. The number of carbonyl (C=O) groups is 2. The highest BCUT2D eigenvalue weighted by atomic mass is 19.4. The van der Waals surface area contributed by atoms with E-state index >= 15 is 0 Å². The number of hydrogen-bond donors (Lipinski definition) is 2. The molecule has 2 saturated heterocycles. The van der Waals surface area contributed by atoms with Gasteiger partial charge < -0.3 is 19.7 Å². The van der Waals surface area contributed by atoms with Gasteiger partial charge in [-0.25, -0.2) is 9.59 Å². The minimum atomic E-state index is -5.08. The number of aromatic nitrogens is 3. The molecule has 0 radical (unpaired) electrons. The van der Waals surface area contributed by atoms with Gasteiger partial charge >= 0.3 is 24.3 Å². The van der Waals surface area contributed by atoms with Crippen molar-refractivity contribution in [2.75, 3.05) is 26.2 Å². The van der Waals surface area contributed by atoms with Gasteiger partial charge in [-0.1, -0.05) is 36.8 Å². The van der Waals surface area contributed by atoms with Crippen molar-refractivity contribution in [1.82, 2.24) is 24.6 Å². The number of alkyl halides is 6. The van der Waals surface area contributed by atoms with E-state index in [-0.39, 0.29) is 0 Å². The lowest BCUT2D eigenvalue weighted by atomic mass is 9.94. The van der Waals surface area contributed by atoms with Gasteiger partial charge in [-0.2, -0.15) is 26.3 Å². The first kappa shape index (κ1) is 33.0. The summed E-state index contributed by atoms with van der Waals surface area (Å²) in [6, 6.07) is 11.7. The Balaban J connectivity index is 0.000000333. The molecule has 2 aromatic rings. The fourth-order valence-corrected chi connectivity index (χ4v) is 4.63. The van der Waals surface area contributed by atoms with E-state index in [1.165, 1.54) is 63.8 Å². The van der Waals surface area contributed by atoms with Crippen LogP contribution < -0.4 is 0 Å². The number of nitrogens with zero attached hydrogens (tertiary/aromatic N) is 5. The number of likely N-dealkylation sites (tertiary alicyclic amines) is 2. The summed E-state index contributed by atoms with van der Waals surface area (Å²) in [5.41, 5.74) is 1.44. The topological polar surface area (TPSA) is 112 Å². The summed E-state index contributed by atoms with van der Waals surface area (Å²) in [6.45, 7) is 5.94. The van der Waals surface area contributed by atoms with E-state index < -0.39 is 24.3 Å². The van der Waals surface area contributed by atoms with Gasteiger partial charge in [-0.3, -0.25) is 4.90 Å². The van der Waals surface area contributed by atoms with Crippen LogP contribution in [-0.2, 0) is 23.2 Å². The van der Waals surface area contributed by atoms with Crippen LogP contribution in [0.25, 0.3) is 0 Å². The van der Waals surface area contributed by atoms with Crippen molar-refractivity contribution >= 4 is 11.9 Å². The van der Waals surface area contributed by atoms with E-state index in [1.54, 1.807) is 0 Å². The van der Waals surface area contributed by atoms with Gasteiger partial charge in [-0.15, -0.1) is 10.2 Å². The fourth-order valence-electron chi connectivity index (χ4n) is 4.63. The predicted octanol–water partition coefficient (Wildman–Crippen LogP) is 4.32. The van der Waals surface area contributed by atoms with Gasteiger partial charge in [0.25, 0.3) is 0 Å². The van der Waals surface area contributed by atoms with Crippen molar-refractivity contribution < 1.29 is 46.1 Å². The smallest absolute Gasteiger partial charge is 0.475 e. The minimum Gasteiger partial charge on any atom is -0.475 e. The van der Waals surface area contributed by atoms with Crippen LogP contribution in [0, 0.1) is 0 Å². The Labute approximate surface area is 227 Å².